The van der Waals surface area contributed by atoms with Crippen LogP contribution in [0.5, 0.6) is 0 Å². The van der Waals surface area contributed by atoms with E-state index in [2.05, 4.69) is 19.2 Å². The van der Waals surface area contributed by atoms with Gasteiger partial charge in [0.15, 0.2) is 0 Å². The van der Waals surface area contributed by atoms with Crippen LogP contribution >= 0.6 is 0 Å². The maximum atomic E-state index is 13.0. The third-order valence-corrected chi connectivity index (χ3v) is 3.55. The fourth-order valence-corrected chi connectivity index (χ4v) is 2.34. The number of hydrogen-bond donors (Lipinski definition) is 1. The van der Waals surface area contributed by atoms with Crippen LogP contribution in [0.25, 0.3) is 0 Å². The molecule has 0 aromatic heterocycles. The van der Waals surface area contributed by atoms with Crippen LogP contribution in [0.3, 0.4) is 0 Å². The number of rotatable bonds is 10. The summed E-state index contributed by atoms with van der Waals surface area (Å²) in [6.45, 7) is 7.01. The minimum Gasteiger partial charge on any atom is -0.383 e. The van der Waals surface area contributed by atoms with Gasteiger partial charge in [0.05, 0.1) is 6.61 Å². The van der Waals surface area contributed by atoms with Crippen LogP contribution in [-0.4, -0.2) is 26.8 Å². The minimum atomic E-state index is -0.165. The van der Waals surface area contributed by atoms with E-state index in [1.54, 1.807) is 19.2 Å². The molecule has 0 fully saturated rings. The zero-order valence-electron chi connectivity index (χ0n) is 13.0. The van der Waals surface area contributed by atoms with Crippen molar-refractivity contribution < 1.29 is 9.13 Å². The van der Waals surface area contributed by atoms with Crippen molar-refractivity contribution in [2.45, 2.75) is 39.0 Å². The first kappa shape index (κ1) is 17.1. The maximum Gasteiger partial charge on any atom is 0.123 e. The van der Waals surface area contributed by atoms with Gasteiger partial charge in [-0.3, -0.25) is 0 Å². The molecule has 0 saturated heterocycles. The van der Waals surface area contributed by atoms with E-state index in [-0.39, 0.29) is 5.82 Å². The summed E-state index contributed by atoms with van der Waals surface area (Å²) in [5.41, 5.74) is 1.22. The molecule has 0 radical (unpaired) electrons. The summed E-state index contributed by atoms with van der Waals surface area (Å²) >= 11 is 0. The summed E-state index contributed by atoms with van der Waals surface area (Å²) in [7, 11) is 1.71. The second kappa shape index (κ2) is 9.89. The van der Waals surface area contributed by atoms with Gasteiger partial charge < -0.3 is 10.1 Å². The van der Waals surface area contributed by atoms with E-state index in [1.165, 1.54) is 18.4 Å². The zero-order chi connectivity index (χ0) is 14.8. The molecule has 0 bridgehead atoms. The SMILES string of the molecule is COCCNCC(CCCC(C)C)c1ccc(F)cc1. The summed E-state index contributed by atoms with van der Waals surface area (Å²) in [4.78, 5) is 0. The van der Waals surface area contributed by atoms with Crippen LogP contribution < -0.4 is 5.32 Å². The third kappa shape index (κ3) is 7.01. The third-order valence-electron chi connectivity index (χ3n) is 3.55. The van der Waals surface area contributed by atoms with Gasteiger partial charge in [-0.25, -0.2) is 4.39 Å². The zero-order valence-corrected chi connectivity index (χ0v) is 13.0. The monoisotopic (exact) mass is 281 g/mol. The molecule has 0 heterocycles. The molecule has 0 aliphatic carbocycles. The molecular weight excluding hydrogens is 253 g/mol. The van der Waals surface area contributed by atoms with Crippen molar-refractivity contribution in [3.63, 3.8) is 0 Å². The first-order valence-corrected chi connectivity index (χ1v) is 7.58. The summed E-state index contributed by atoms with van der Waals surface area (Å²) in [5, 5.41) is 3.42. The molecule has 0 aliphatic heterocycles. The van der Waals surface area contributed by atoms with Gasteiger partial charge in [0.2, 0.25) is 0 Å². The van der Waals surface area contributed by atoms with Crippen LogP contribution in [0.1, 0.15) is 44.6 Å². The van der Waals surface area contributed by atoms with Crippen LogP contribution in [-0.2, 0) is 4.74 Å². The first-order chi connectivity index (χ1) is 9.63. The van der Waals surface area contributed by atoms with E-state index in [9.17, 15) is 4.39 Å². The molecule has 1 aromatic rings. The molecule has 0 aliphatic rings. The highest BCUT2D eigenvalue weighted by molar-refractivity contribution is 5.20. The average molecular weight is 281 g/mol. The van der Waals surface area contributed by atoms with E-state index in [1.807, 2.05) is 12.1 Å². The topological polar surface area (TPSA) is 21.3 Å². The van der Waals surface area contributed by atoms with E-state index >= 15 is 0 Å². The second-order valence-corrected chi connectivity index (χ2v) is 5.77. The summed E-state index contributed by atoms with van der Waals surface area (Å²) < 4.78 is 18.1. The smallest absolute Gasteiger partial charge is 0.123 e. The van der Waals surface area contributed by atoms with Crippen molar-refractivity contribution >= 4 is 0 Å². The van der Waals surface area contributed by atoms with Crippen LogP contribution in [0.4, 0.5) is 4.39 Å². The number of ether oxygens (including phenoxy) is 1. The van der Waals surface area contributed by atoms with Gasteiger partial charge in [0, 0.05) is 20.2 Å². The van der Waals surface area contributed by atoms with Crippen molar-refractivity contribution in [2.75, 3.05) is 26.8 Å². The highest BCUT2D eigenvalue weighted by Gasteiger charge is 2.11. The van der Waals surface area contributed by atoms with Gasteiger partial charge in [-0.2, -0.15) is 0 Å². The van der Waals surface area contributed by atoms with Crippen LogP contribution in [0.15, 0.2) is 24.3 Å². The van der Waals surface area contributed by atoms with Gasteiger partial charge in [-0.05, 0) is 36.0 Å². The number of hydrogen-bond acceptors (Lipinski definition) is 2. The lowest BCUT2D eigenvalue weighted by Gasteiger charge is -2.19. The van der Waals surface area contributed by atoms with E-state index in [0.29, 0.717) is 5.92 Å². The summed E-state index contributed by atoms with van der Waals surface area (Å²) in [5.74, 6) is 1.03. The van der Waals surface area contributed by atoms with Crippen molar-refractivity contribution in [3.8, 4) is 0 Å². The molecule has 3 heteroatoms. The van der Waals surface area contributed by atoms with Crippen molar-refractivity contribution in [1.82, 2.24) is 5.32 Å². The molecule has 0 amide bonds. The summed E-state index contributed by atoms with van der Waals surface area (Å²) in [6, 6.07) is 6.93. The normalized spacial score (nSPS) is 12.8. The first-order valence-electron chi connectivity index (χ1n) is 7.58. The fourth-order valence-electron chi connectivity index (χ4n) is 2.34. The molecule has 20 heavy (non-hydrogen) atoms. The van der Waals surface area contributed by atoms with Gasteiger partial charge in [0.1, 0.15) is 5.82 Å². The largest absolute Gasteiger partial charge is 0.383 e. The molecule has 2 nitrogen and oxygen atoms in total. The Bertz CT molecular complexity index is 351. The molecule has 0 spiro atoms. The molecule has 1 aromatic carbocycles. The van der Waals surface area contributed by atoms with E-state index < -0.39 is 0 Å². The molecule has 1 rings (SSSR count). The average Bonchev–Trinajstić information content (AvgIpc) is 2.42. The Labute approximate surface area is 122 Å². The lowest BCUT2D eigenvalue weighted by molar-refractivity contribution is 0.198. The highest BCUT2D eigenvalue weighted by Crippen LogP contribution is 2.23. The number of halogens is 1. The number of nitrogens with one attached hydrogen (secondary N) is 1. The Morgan fingerprint density at radius 1 is 1.15 bits per heavy atom. The van der Waals surface area contributed by atoms with E-state index in [4.69, 9.17) is 4.74 Å². The Morgan fingerprint density at radius 2 is 1.85 bits per heavy atom. The Hall–Kier alpha value is -0.930. The lowest BCUT2D eigenvalue weighted by Crippen LogP contribution is -2.25. The Kier molecular flexibility index (Phi) is 8.47. The van der Waals surface area contributed by atoms with Gasteiger partial charge in [0.25, 0.3) is 0 Å². The molecule has 1 atom stereocenters. The second-order valence-electron chi connectivity index (χ2n) is 5.77. The Balaban J connectivity index is 2.51. The standard InChI is InChI=1S/C17H28FNO/c1-14(2)5-4-6-16(13-19-11-12-20-3)15-7-9-17(18)10-8-15/h7-10,14,16,19H,4-6,11-13H2,1-3H3. The summed E-state index contributed by atoms with van der Waals surface area (Å²) in [6.07, 6.45) is 3.60. The molecule has 0 saturated carbocycles. The quantitative estimate of drug-likeness (QED) is 0.655. The van der Waals surface area contributed by atoms with Gasteiger partial charge >= 0.3 is 0 Å². The van der Waals surface area contributed by atoms with Crippen LogP contribution in [0.2, 0.25) is 0 Å². The van der Waals surface area contributed by atoms with Crippen LogP contribution in [0, 0.1) is 11.7 Å². The van der Waals surface area contributed by atoms with Gasteiger partial charge in [-0.1, -0.05) is 38.8 Å². The minimum absolute atomic E-state index is 0.165. The number of benzene rings is 1. The molecule has 1 N–H and O–H groups in total. The fraction of sp³-hybridized carbons (Fsp3) is 0.647. The van der Waals surface area contributed by atoms with Crippen molar-refractivity contribution in [1.29, 1.82) is 0 Å². The molecule has 1 unspecified atom stereocenters. The van der Waals surface area contributed by atoms with Gasteiger partial charge in [-0.15, -0.1) is 0 Å². The van der Waals surface area contributed by atoms with E-state index in [0.717, 1.165) is 32.0 Å². The lowest BCUT2D eigenvalue weighted by atomic mass is 9.92. The molecular formula is C17H28FNO. The van der Waals surface area contributed by atoms with Crippen molar-refractivity contribution in [3.05, 3.63) is 35.6 Å². The maximum absolute atomic E-state index is 13.0. The Morgan fingerprint density at radius 3 is 2.45 bits per heavy atom. The number of methoxy groups -OCH3 is 1. The van der Waals surface area contributed by atoms with Crippen molar-refractivity contribution in [2.24, 2.45) is 5.92 Å². The predicted molar refractivity (Wildman–Crippen MR) is 82.6 cm³/mol. The highest BCUT2D eigenvalue weighted by atomic mass is 19.1. The predicted octanol–water partition coefficient (Wildman–Crippen LogP) is 3.97. The molecule has 114 valence electrons.